The first kappa shape index (κ1) is 10.5. The molecule has 82 valence electrons. The normalized spacial score (nSPS) is 17.9. The fourth-order valence-corrected chi connectivity index (χ4v) is 1.73. The highest BCUT2D eigenvalue weighted by molar-refractivity contribution is 5.24. The highest BCUT2D eigenvalue weighted by Gasteiger charge is 2.41. The van der Waals surface area contributed by atoms with Gasteiger partial charge in [-0.05, 0) is 37.9 Å². The van der Waals surface area contributed by atoms with Crippen molar-refractivity contribution in [1.29, 1.82) is 0 Å². The van der Waals surface area contributed by atoms with Crippen LogP contribution in [0.25, 0.3) is 0 Å². The van der Waals surface area contributed by atoms with Crippen LogP contribution in [0.15, 0.2) is 12.1 Å². The smallest absolute Gasteiger partial charge is 0.194 e. The van der Waals surface area contributed by atoms with Crippen LogP contribution < -0.4 is 5.32 Å². The molecular weight excluding hydrogens is 203 g/mol. The summed E-state index contributed by atoms with van der Waals surface area (Å²) in [5.41, 5.74) is 0.131. The minimum Gasteiger partial charge on any atom is -0.314 e. The molecule has 0 bridgehead atoms. The number of halogens is 3. The average molecular weight is 215 g/mol. The first-order valence-electron chi connectivity index (χ1n) is 4.89. The fourth-order valence-electron chi connectivity index (χ4n) is 1.73. The van der Waals surface area contributed by atoms with E-state index in [0.29, 0.717) is 6.42 Å². The van der Waals surface area contributed by atoms with Crippen LogP contribution in [0.3, 0.4) is 0 Å². The molecule has 0 atom stereocenters. The lowest BCUT2D eigenvalue weighted by Gasteiger charge is -2.14. The van der Waals surface area contributed by atoms with Crippen LogP contribution in [-0.4, -0.2) is 12.6 Å². The molecule has 4 heteroatoms. The van der Waals surface area contributed by atoms with E-state index in [4.69, 9.17) is 0 Å². The van der Waals surface area contributed by atoms with Gasteiger partial charge in [0.05, 0.1) is 0 Å². The number of hydrogen-bond acceptors (Lipinski definition) is 1. The standard InChI is InChI=1S/C11H12F3N/c1-15-11(4-5-11)6-7-2-3-8(12)10(14)9(7)13/h2-3,15H,4-6H2,1H3. The van der Waals surface area contributed by atoms with Crippen LogP contribution in [0.4, 0.5) is 13.2 Å². The van der Waals surface area contributed by atoms with E-state index in [1.807, 2.05) is 0 Å². The minimum atomic E-state index is -1.38. The van der Waals surface area contributed by atoms with Gasteiger partial charge in [0.25, 0.3) is 0 Å². The highest BCUT2D eigenvalue weighted by atomic mass is 19.2. The van der Waals surface area contributed by atoms with Crippen molar-refractivity contribution >= 4 is 0 Å². The molecule has 0 aliphatic heterocycles. The molecule has 1 aromatic carbocycles. The van der Waals surface area contributed by atoms with E-state index < -0.39 is 17.5 Å². The molecule has 0 unspecified atom stereocenters. The number of nitrogens with one attached hydrogen (secondary N) is 1. The zero-order valence-electron chi connectivity index (χ0n) is 8.41. The van der Waals surface area contributed by atoms with Crippen molar-refractivity contribution < 1.29 is 13.2 Å². The average Bonchev–Trinajstić information content (AvgIpc) is 3.00. The molecule has 1 saturated carbocycles. The Kier molecular flexibility index (Phi) is 2.46. The molecule has 2 rings (SSSR count). The molecular formula is C11H12F3N. The Morgan fingerprint density at radius 3 is 2.40 bits per heavy atom. The lowest BCUT2D eigenvalue weighted by molar-refractivity contribution is 0.433. The number of rotatable bonds is 3. The van der Waals surface area contributed by atoms with Gasteiger partial charge in [0.15, 0.2) is 17.5 Å². The summed E-state index contributed by atoms with van der Waals surface area (Å²) in [6.45, 7) is 0. The first-order chi connectivity index (χ1) is 7.08. The van der Waals surface area contributed by atoms with Crippen LogP contribution in [0.1, 0.15) is 18.4 Å². The minimum absolute atomic E-state index is 0.106. The van der Waals surface area contributed by atoms with Crippen molar-refractivity contribution in [3.63, 3.8) is 0 Å². The van der Waals surface area contributed by atoms with Crippen LogP contribution in [0.2, 0.25) is 0 Å². The Hall–Kier alpha value is -1.03. The van der Waals surface area contributed by atoms with Crippen molar-refractivity contribution in [2.45, 2.75) is 24.8 Å². The summed E-state index contributed by atoms with van der Waals surface area (Å²) < 4.78 is 38.9. The Morgan fingerprint density at radius 2 is 1.87 bits per heavy atom. The molecule has 1 aliphatic carbocycles. The van der Waals surface area contributed by atoms with Gasteiger partial charge in [0, 0.05) is 5.54 Å². The van der Waals surface area contributed by atoms with Gasteiger partial charge in [-0.2, -0.15) is 0 Å². The zero-order valence-corrected chi connectivity index (χ0v) is 8.41. The second-order valence-electron chi connectivity index (χ2n) is 4.04. The van der Waals surface area contributed by atoms with E-state index in [9.17, 15) is 13.2 Å². The Balaban J connectivity index is 2.26. The molecule has 1 nitrogen and oxygen atoms in total. The summed E-state index contributed by atoms with van der Waals surface area (Å²) in [7, 11) is 1.80. The maximum Gasteiger partial charge on any atom is 0.194 e. The molecule has 0 saturated heterocycles. The molecule has 1 fully saturated rings. The Bertz CT molecular complexity index is 386. The Labute approximate surface area is 86.3 Å². The number of hydrogen-bond donors (Lipinski definition) is 1. The molecule has 0 aromatic heterocycles. The summed E-state index contributed by atoms with van der Waals surface area (Å²) in [4.78, 5) is 0. The third-order valence-electron chi connectivity index (χ3n) is 3.03. The Morgan fingerprint density at radius 1 is 1.20 bits per heavy atom. The van der Waals surface area contributed by atoms with E-state index in [1.165, 1.54) is 6.07 Å². The maximum absolute atomic E-state index is 13.3. The van der Waals surface area contributed by atoms with Gasteiger partial charge in [-0.3, -0.25) is 0 Å². The predicted molar refractivity (Wildman–Crippen MR) is 51.0 cm³/mol. The summed E-state index contributed by atoms with van der Waals surface area (Å²) >= 11 is 0. The third kappa shape index (κ3) is 1.86. The van der Waals surface area contributed by atoms with Crippen LogP contribution in [0.5, 0.6) is 0 Å². The molecule has 1 aliphatic rings. The van der Waals surface area contributed by atoms with Gasteiger partial charge in [0.2, 0.25) is 0 Å². The molecule has 0 heterocycles. The lowest BCUT2D eigenvalue weighted by Crippen LogP contribution is -2.30. The van der Waals surface area contributed by atoms with Crippen LogP contribution >= 0.6 is 0 Å². The van der Waals surface area contributed by atoms with E-state index in [-0.39, 0.29) is 11.1 Å². The van der Waals surface area contributed by atoms with Crippen LogP contribution in [-0.2, 0) is 6.42 Å². The van der Waals surface area contributed by atoms with Gasteiger partial charge in [0.1, 0.15) is 0 Å². The largest absolute Gasteiger partial charge is 0.314 e. The zero-order chi connectivity index (χ0) is 11.1. The summed E-state index contributed by atoms with van der Waals surface area (Å²) in [6.07, 6.45) is 2.30. The number of benzene rings is 1. The second kappa shape index (κ2) is 3.52. The first-order valence-corrected chi connectivity index (χ1v) is 4.89. The third-order valence-corrected chi connectivity index (χ3v) is 3.03. The second-order valence-corrected chi connectivity index (χ2v) is 4.04. The van der Waals surface area contributed by atoms with Crippen molar-refractivity contribution in [2.24, 2.45) is 0 Å². The van der Waals surface area contributed by atoms with Crippen molar-refractivity contribution in [2.75, 3.05) is 7.05 Å². The highest BCUT2D eigenvalue weighted by Crippen LogP contribution is 2.38. The molecule has 0 amide bonds. The van der Waals surface area contributed by atoms with E-state index in [0.717, 1.165) is 18.9 Å². The lowest BCUT2D eigenvalue weighted by atomic mass is 10.0. The molecule has 0 radical (unpaired) electrons. The van der Waals surface area contributed by atoms with Crippen molar-refractivity contribution in [3.8, 4) is 0 Å². The van der Waals surface area contributed by atoms with E-state index >= 15 is 0 Å². The molecule has 1 N–H and O–H groups in total. The predicted octanol–water partition coefficient (Wildman–Crippen LogP) is 2.40. The van der Waals surface area contributed by atoms with Gasteiger partial charge in [-0.1, -0.05) is 6.07 Å². The molecule has 0 spiro atoms. The summed E-state index contributed by atoms with van der Waals surface area (Å²) in [5.74, 6) is -3.57. The van der Waals surface area contributed by atoms with Crippen molar-refractivity contribution in [1.82, 2.24) is 5.32 Å². The van der Waals surface area contributed by atoms with Gasteiger partial charge in [-0.15, -0.1) is 0 Å². The summed E-state index contributed by atoms with van der Waals surface area (Å²) in [6, 6.07) is 2.28. The topological polar surface area (TPSA) is 12.0 Å². The van der Waals surface area contributed by atoms with Crippen LogP contribution in [0, 0.1) is 17.5 Å². The molecule has 15 heavy (non-hydrogen) atoms. The quantitative estimate of drug-likeness (QED) is 0.763. The monoisotopic (exact) mass is 215 g/mol. The SMILES string of the molecule is CNC1(Cc2ccc(F)c(F)c2F)CC1. The molecule has 1 aromatic rings. The van der Waals surface area contributed by atoms with Gasteiger partial charge in [-0.25, -0.2) is 13.2 Å². The maximum atomic E-state index is 13.3. The fraction of sp³-hybridized carbons (Fsp3) is 0.455. The van der Waals surface area contributed by atoms with E-state index in [1.54, 1.807) is 7.05 Å². The summed E-state index contributed by atoms with van der Waals surface area (Å²) in [5, 5.41) is 3.08. The van der Waals surface area contributed by atoms with Gasteiger partial charge < -0.3 is 5.32 Å². The van der Waals surface area contributed by atoms with Crippen molar-refractivity contribution in [3.05, 3.63) is 35.1 Å². The van der Waals surface area contributed by atoms with Gasteiger partial charge >= 0.3 is 0 Å². The van der Waals surface area contributed by atoms with E-state index in [2.05, 4.69) is 5.32 Å². The number of likely N-dealkylation sites (N-methyl/N-ethyl adjacent to an activating group) is 1.